The topological polar surface area (TPSA) is 29.3 Å². The van der Waals surface area contributed by atoms with E-state index in [0.717, 1.165) is 24.4 Å². The molecule has 1 aromatic carbocycles. The van der Waals surface area contributed by atoms with Gasteiger partial charge >= 0.3 is 0 Å². The Morgan fingerprint density at radius 1 is 1.00 bits per heavy atom. The third-order valence-corrected chi connectivity index (χ3v) is 5.38. The normalized spacial score (nSPS) is 32.1. The van der Waals surface area contributed by atoms with Gasteiger partial charge in [0.1, 0.15) is 0 Å². The van der Waals surface area contributed by atoms with Gasteiger partial charge in [-0.3, -0.25) is 4.90 Å². The first-order valence-corrected chi connectivity index (χ1v) is 8.37. The molecule has 20 heavy (non-hydrogen) atoms. The molecule has 1 saturated heterocycles. The van der Waals surface area contributed by atoms with Crippen molar-refractivity contribution in [2.45, 2.75) is 50.5 Å². The van der Waals surface area contributed by atoms with Gasteiger partial charge in [0, 0.05) is 12.6 Å². The molecule has 2 N–H and O–H groups in total. The standard InChI is InChI=1S/C18H28N2/c19-13-16-9-5-2-6-10-18(16)20-12-11-17(14-20)15-7-3-1-4-8-15/h1,3-4,7-8,16-18H,2,5-6,9-14,19H2. The van der Waals surface area contributed by atoms with Crippen LogP contribution in [-0.2, 0) is 0 Å². The molecule has 1 heterocycles. The van der Waals surface area contributed by atoms with Crippen molar-refractivity contribution in [3.8, 4) is 0 Å². The maximum Gasteiger partial charge on any atom is 0.0136 e. The van der Waals surface area contributed by atoms with Crippen molar-refractivity contribution in [2.24, 2.45) is 11.7 Å². The second kappa shape index (κ2) is 6.73. The van der Waals surface area contributed by atoms with Crippen molar-refractivity contribution in [3.63, 3.8) is 0 Å². The second-order valence-corrected chi connectivity index (χ2v) is 6.59. The fraction of sp³-hybridized carbons (Fsp3) is 0.667. The summed E-state index contributed by atoms with van der Waals surface area (Å²) in [5.41, 5.74) is 7.57. The lowest BCUT2D eigenvalue weighted by Crippen LogP contribution is -2.41. The van der Waals surface area contributed by atoms with E-state index < -0.39 is 0 Å². The maximum absolute atomic E-state index is 6.05. The van der Waals surface area contributed by atoms with Gasteiger partial charge in [-0.2, -0.15) is 0 Å². The highest BCUT2D eigenvalue weighted by Gasteiger charge is 2.33. The molecule has 3 rings (SSSR count). The molecule has 0 amide bonds. The summed E-state index contributed by atoms with van der Waals surface area (Å²) in [7, 11) is 0. The maximum atomic E-state index is 6.05. The summed E-state index contributed by atoms with van der Waals surface area (Å²) in [6.45, 7) is 3.38. The molecule has 2 fully saturated rings. The molecule has 110 valence electrons. The van der Waals surface area contributed by atoms with Crippen LogP contribution in [0.5, 0.6) is 0 Å². The predicted octanol–water partition coefficient (Wildman–Crippen LogP) is 3.38. The minimum absolute atomic E-state index is 0.729. The van der Waals surface area contributed by atoms with Crippen LogP contribution >= 0.6 is 0 Å². The minimum Gasteiger partial charge on any atom is -0.330 e. The van der Waals surface area contributed by atoms with E-state index in [1.807, 2.05) is 0 Å². The van der Waals surface area contributed by atoms with E-state index in [9.17, 15) is 0 Å². The molecule has 3 atom stereocenters. The SMILES string of the molecule is NCC1CCCCCC1N1CCC(c2ccccc2)C1. The van der Waals surface area contributed by atoms with E-state index in [2.05, 4.69) is 35.2 Å². The summed E-state index contributed by atoms with van der Waals surface area (Å²) < 4.78 is 0. The largest absolute Gasteiger partial charge is 0.330 e. The van der Waals surface area contributed by atoms with Crippen molar-refractivity contribution in [2.75, 3.05) is 19.6 Å². The van der Waals surface area contributed by atoms with Crippen LogP contribution < -0.4 is 5.73 Å². The van der Waals surface area contributed by atoms with E-state index in [1.165, 1.54) is 57.2 Å². The lowest BCUT2D eigenvalue weighted by molar-refractivity contribution is 0.165. The molecule has 0 spiro atoms. The Labute approximate surface area is 123 Å². The van der Waals surface area contributed by atoms with Crippen molar-refractivity contribution in [1.29, 1.82) is 0 Å². The van der Waals surface area contributed by atoms with Crippen molar-refractivity contribution >= 4 is 0 Å². The third kappa shape index (κ3) is 3.07. The van der Waals surface area contributed by atoms with Gasteiger partial charge in [-0.1, -0.05) is 49.6 Å². The van der Waals surface area contributed by atoms with Gasteiger partial charge in [-0.05, 0) is 49.8 Å². The number of rotatable bonds is 3. The van der Waals surface area contributed by atoms with Gasteiger partial charge in [0.2, 0.25) is 0 Å². The molecule has 1 saturated carbocycles. The average Bonchev–Trinajstić information content (AvgIpc) is 2.87. The summed E-state index contributed by atoms with van der Waals surface area (Å²) in [5.74, 6) is 1.46. The van der Waals surface area contributed by atoms with Crippen LogP contribution in [0.1, 0.15) is 50.0 Å². The summed E-state index contributed by atoms with van der Waals surface area (Å²) in [6, 6.07) is 11.8. The molecule has 0 radical (unpaired) electrons. The molecule has 1 aliphatic heterocycles. The minimum atomic E-state index is 0.729. The average molecular weight is 272 g/mol. The van der Waals surface area contributed by atoms with Gasteiger partial charge < -0.3 is 5.73 Å². The van der Waals surface area contributed by atoms with Gasteiger partial charge in [0.25, 0.3) is 0 Å². The quantitative estimate of drug-likeness (QED) is 0.855. The van der Waals surface area contributed by atoms with Gasteiger partial charge in [-0.15, -0.1) is 0 Å². The lowest BCUT2D eigenvalue weighted by Gasteiger charge is -2.33. The van der Waals surface area contributed by atoms with Crippen LogP contribution in [-0.4, -0.2) is 30.6 Å². The molecule has 3 unspecified atom stereocenters. The van der Waals surface area contributed by atoms with Crippen molar-refractivity contribution < 1.29 is 0 Å². The molecule has 1 aliphatic carbocycles. The molecule has 0 aromatic heterocycles. The van der Waals surface area contributed by atoms with E-state index >= 15 is 0 Å². The zero-order valence-corrected chi connectivity index (χ0v) is 12.5. The lowest BCUT2D eigenvalue weighted by atomic mass is 9.93. The van der Waals surface area contributed by atoms with Crippen molar-refractivity contribution in [1.82, 2.24) is 4.90 Å². The van der Waals surface area contributed by atoms with Crippen LogP contribution in [0, 0.1) is 5.92 Å². The van der Waals surface area contributed by atoms with Crippen LogP contribution in [0.4, 0.5) is 0 Å². The Kier molecular flexibility index (Phi) is 4.74. The van der Waals surface area contributed by atoms with Gasteiger partial charge in [-0.25, -0.2) is 0 Å². The number of benzene rings is 1. The van der Waals surface area contributed by atoms with Crippen LogP contribution in [0.2, 0.25) is 0 Å². The number of nitrogens with zero attached hydrogens (tertiary/aromatic N) is 1. The molecular weight excluding hydrogens is 244 g/mol. The molecular formula is C18H28N2. The first-order valence-electron chi connectivity index (χ1n) is 8.37. The van der Waals surface area contributed by atoms with Crippen LogP contribution in [0.3, 0.4) is 0 Å². The summed E-state index contributed by atoms with van der Waals surface area (Å²) in [6.07, 6.45) is 8.21. The van der Waals surface area contributed by atoms with Gasteiger partial charge in [0.15, 0.2) is 0 Å². The summed E-state index contributed by atoms with van der Waals surface area (Å²) in [5, 5.41) is 0. The Bertz CT molecular complexity index is 403. The smallest absolute Gasteiger partial charge is 0.0136 e. The molecule has 2 heteroatoms. The van der Waals surface area contributed by atoms with E-state index in [1.54, 1.807) is 0 Å². The second-order valence-electron chi connectivity index (χ2n) is 6.59. The first-order chi connectivity index (χ1) is 9.88. The Hall–Kier alpha value is -0.860. The molecule has 1 aromatic rings. The van der Waals surface area contributed by atoms with Crippen LogP contribution in [0.15, 0.2) is 30.3 Å². The number of likely N-dealkylation sites (tertiary alicyclic amines) is 1. The Balaban J connectivity index is 1.66. The zero-order valence-electron chi connectivity index (χ0n) is 12.5. The van der Waals surface area contributed by atoms with E-state index in [0.29, 0.717) is 0 Å². The Morgan fingerprint density at radius 2 is 1.80 bits per heavy atom. The predicted molar refractivity (Wildman–Crippen MR) is 84.8 cm³/mol. The monoisotopic (exact) mass is 272 g/mol. The van der Waals surface area contributed by atoms with Crippen molar-refractivity contribution in [3.05, 3.63) is 35.9 Å². The highest BCUT2D eigenvalue weighted by atomic mass is 15.2. The number of hydrogen-bond donors (Lipinski definition) is 1. The molecule has 2 aliphatic rings. The highest BCUT2D eigenvalue weighted by Crippen LogP contribution is 2.34. The first kappa shape index (κ1) is 14.1. The zero-order chi connectivity index (χ0) is 13.8. The summed E-state index contributed by atoms with van der Waals surface area (Å²) in [4.78, 5) is 2.75. The fourth-order valence-electron chi connectivity index (χ4n) is 4.21. The number of hydrogen-bond acceptors (Lipinski definition) is 2. The third-order valence-electron chi connectivity index (χ3n) is 5.38. The summed E-state index contributed by atoms with van der Waals surface area (Å²) >= 11 is 0. The number of nitrogens with two attached hydrogens (primary N) is 1. The fourth-order valence-corrected chi connectivity index (χ4v) is 4.21. The highest BCUT2D eigenvalue weighted by molar-refractivity contribution is 5.21. The van der Waals surface area contributed by atoms with E-state index in [4.69, 9.17) is 5.73 Å². The molecule has 2 nitrogen and oxygen atoms in total. The van der Waals surface area contributed by atoms with Gasteiger partial charge in [0.05, 0.1) is 0 Å². The van der Waals surface area contributed by atoms with E-state index in [-0.39, 0.29) is 0 Å². The molecule has 0 bridgehead atoms. The van der Waals surface area contributed by atoms with Crippen LogP contribution in [0.25, 0.3) is 0 Å². The Morgan fingerprint density at radius 3 is 2.60 bits per heavy atom.